The van der Waals surface area contributed by atoms with Gasteiger partial charge in [-0.05, 0) is 24.3 Å². The lowest BCUT2D eigenvalue weighted by atomic mass is 10.3. The molecule has 0 spiro atoms. The molecule has 2 N–H and O–H groups in total. The Balaban J connectivity index is 2.17. The average molecular weight is 259 g/mol. The largest absolute Gasteiger partial charge is 0.504 e. The molecule has 7 heteroatoms. The maximum atomic E-state index is 10.5. The van der Waals surface area contributed by atoms with Gasteiger partial charge < -0.3 is 10.2 Å². The Kier molecular flexibility index (Phi) is 3.37. The molecule has 0 aliphatic carbocycles. The standard InChI is InChI=1S/C12H9N3O4/c16-11-6-3-9(7-12(11)17)14-13-8-1-4-10(5-2-8)15(18)19/h1-7,16-17H/b14-13+. The van der Waals surface area contributed by atoms with Gasteiger partial charge in [0.1, 0.15) is 0 Å². The van der Waals surface area contributed by atoms with Crippen molar-refractivity contribution < 1.29 is 15.1 Å². The predicted octanol–water partition coefficient (Wildman–Crippen LogP) is 3.42. The molecule has 0 unspecified atom stereocenters. The summed E-state index contributed by atoms with van der Waals surface area (Å²) in [6, 6.07) is 9.59. The van der Waals surface area contributed by atoms with Crippen molar-refractivity contribution >= 4 is 17.1 Å². The van der Waals surface area contributed by atoms with Crippen molar-refractivity contribution in [3.8, 4) is 11.5 Å². The molecule has 96 valence electrons. The highest BCUT2D eigenvalue weighted by Gasteiger charge is 2.03. The molecule has 0 aromatic heterocycles. The molecule has 0 saturated carbocycles. The number of nitro groups is 1. The van der Waals surface area contributed by atoms with E-state index in [9.17, 15) is 15.2 Å². The van der Waals surface area contributed by atoms with E-state index in [0.717, 1.165) is 0 Å². The van der Waals surface area contributed by atoms with Crippen LogP contribution in [0.5, 0.6) is 11.5 Å². The lowest BCUT2D eigenvalue weighted by molar-refractivity contribution is -0.384. The van der Waals surface area contributed by atoms with Crippen LogP contribution in [0.25, 0.3) is 0 Å². The maximum Gasteiger partial charge on any atom is 0.269 e. The van der Waals surface area contributed by atoms with E-state index in [1.807, 2.05) is 0 Å². The van der Waals surface area contributed by atoms with E-state index in [-0.39, 0.29) is 17.2 Å². The molecule has 0 aliphatic rings. The topological polar surface area (TPSA) is 108 Å². The molecule has 0 fully saturated rings. The monoisotopic (exact) mass is 259 g/mol. The second-order valence-corrected chi connectivity index (χ2v) is 3.65. The zero-order chi connectivity index (χ0) is 13.8. The number of nitro benzene ring substituents is 1. The number of phenols is 2. The summed E-state index contributed by atoms with van der Waals surface area (Å²) in [6.07, 6.45) is 0. The van der Waals surface area contributed by atoms with Gasteiger partial charge in [-0.15, -0.1) is 0 Å². The predicted molar refractivity (Wildman–Crippen MR) is 67.0 cm³/mol. The fraction of sp³-hybridized carbons (Fsp3) is 0. The number of azo groups is 1. The van der Waals surface area contributed by atoms with Gasteiger partial charge in [-0.3, -0.25) is 10.1 Å². The molecule has 0 radical (unpaired) electrons. The SMILES string of the molecule is O=[N+]([O-])c1ccc(/N=N/c2ccc(O)c(O)c2)cc1. The van der Waals surface area contributed by atoms with Crippen molar-refractivity contribution in [2.75, 3.05) is 0 Å². The van der Waals surface area contributed by atoms with Gasteiger partial charge in [0.25, 0.3) is 5.69 Å². The minimum absolute atomic E-state index is 0.0266. The van der Waals surface area contributed by atoms with Gasteiger partial charge in [-0.25, -0.2) is 0 Å². The van der Waals surface area contributed by atoms with Gasteiger partial charge >= 0.3 is 0 Å². The Labute approximate surface area is 107 Å². The Morgan fingerprint density at radius 3 is 2.05 bits per heavy atom. The molecule has 2 aromatic rings. The van der Waals surface area contributed by atoms with E-state index < -0.39 is 4.92 Å². The summed E-state index contributed by atoms with van der Waals surface area (Å²) >= 11 is 0. The molecule has 0 atom stereocenters. The zero-order valence-corrected chi connectivity index (χ0v) is 9.59. The molecular formula is C12H9N3O4. The second-order valence-electron chi connectivity index (χ2n) is 3.65. The number of rotatable bonds is 3. The van der Waals surface area contributed by atoms with Crippen LogP contribution in [0.3, 0.4) is 0 Å². The third kappa shape index (κ3) is 3.03. The molecule has 2 aromatic carbocycles. The van der Waals surface area contributed by atoms with Gasteiger partial charge in [-0.1, -0.05) is 0 Å². The highest BCUT2D eigenvalue weighted by molar-refractivity contribution is 5.50. The first-order valence-electron chi connectivity index (χ1n) is 5.24. The highest BCUT2D eigenvalue weighted by Crippen LogP contribution is 2.30. The number of phenolic OH excluding ortho intramolecular Hbond substituents is 2. The Morgan fingerprint density at radius 1 is 0.895 bits per heavy atom. The highest BCUT2D eigenvalue weighted by atomic mass is 16.6. The summed E-state index contributed by atoms with van der Waals surface area (Å²) in [5, 5.41) is 36.5. The summed E-state index contributed by atoms with van der Waals surface area (Å²) in [7, 11) is 0. The van der Waals surface area contributed by atoms with Crippen molar-refractivity contribution in [2.45, 2.75) is 0 Å². The van der Waals surface area contributed by atoms with Gasteiger partial charge in [0.2, 0.25) is 0 Å². The first kappa shape index (κ1) is 12.5. The fourth-order valence-corrected chi connectivity index (χ4v) is 1.33. The normalized spacial score (nSPS) is 10.7. The average Bonchev–Trinajstić information content (AvgIpc) is 2.40. The molecule has 7 nitrogen and oxygen atoms in total. The summed E-state index contributed by atoms with van der Waals surface area (Å²) in [5.74, 6) is -0.533. The smallest absolute Gasteiger partial charge is 0.269 e. The molecule has 19 heavy (non-hydrogen) atoms. The number of hydrogen-bond acceptors (Lipinski definition) is 6. The van der Waals surface area contributed by atoms with E-state index in [1.54, 1.807) is 0 Å². The van der Waals surface area contributed by atoms with E-state index >= 15 is 0 Å². The molecular weight excluding hydrogens is 250 g/mol. The number of hydrogen-bond donors (Lipinski definition) is 2. The van der Waals surface area contributed by atoms with E-state index in [1.165, 1.54) is 42.5 Å². The number of aromatic hydroxyl groups is 2. The van der Waals surface area contributed by atoms with Crippen LogP contribution in [0.2, 0.25) is 0 Å². The summed E-state index contributed by atoms with van der Waals surface area (Å²) in [6.45, 7) is 0. The summed E-state index contributed by atoms with van der Waals surface area (Å²) in [4.78, 5) is 9.96. The van der Waals surface area contributed by atoms with Crippen LogP contribution in [-0.4, -0.2) is 15.1 Å². The number of nitrogens with zero attached hydrogens (tertiary/aromatic N) is 3. The van der Waals surface area contributed by atoms with E-state index in [0.29, 0.717) is 11.4 Å². The van der Waals surface area contributed by atoms with Crippen molar-refractivity contribution in [2.24, 2.45) is 10.2 Å². The molecule has 0 bridgehead atoms. The van der Waals surface area contributed by atoms with Gasteiger partial charge in [0, 0.05) is 18.2 Å². The summed E-state index contributed by atoms with van der Waals surface area (Å²) in [5.41, 5.74) is 0.771. The minimum atomic E-state index is -0.501. The van der Waals surface area contributed by atoms with Gasteiger partial charge in [0.15, 0.2) is 11.5 Å². The van der Waals surface area contributed by atoms with Gasteiger partial charge in [0.05, 0.1) is 16.3 Å². The Bertz CT molecular complexity index is 638. The van der Waals surface area contributed by atoms with Crippen LogP contribution in [0.4, 0.5) is 17.1 Å². The van der Waals surface area contributed by atoms with Crippen LogP contribution in [0.15, 0.2) is 52.7 Å². The third-order valence-corrected chi connectivity index (χ3v) is 2.30. The molecule has 0 heterocycles. The van der Waals surface area contributed by atoms with Crippen molar-refractivity contribution in [1.82, 2.24) is 0 Å². The Morgan fingerprint density at radius 2 is 1.47 bits per heavy atom. The second kappa shape index (κ2) is 5.13. The quantitative estimate of drug-likeness (QED) is 0.381. The van der Waals surface area contributed by atoms with Gasteiger partial charge in [-0.2, -0.15) is 10.2 Å². The zero-order valence-electron chi connectivity index (χ0n) is 9.59. The lowest BCUT2D eigenvalue weighted by Gasteiger charge is -1.97. The minimum Gasteiger partial charge on any atom is -0.504 e. The maximum absolute atomic E-state index is 10.5. The van der Waals surface area contributed by atoms with E-state index in [2.05, 4.69) is 10.2 Å². The van der Waals surface area contributed by atoms with Crippen LogP contribution in [0, 0.1) is 10.1 Å². The first-order chi connectivity index (χ1) is 9.06. The van der Waals surface area contributed by atoms with Crippen LogP contribution in [-0.2, 0) is 0 Å². The number of benzene rings is 2. The van der Waals surface area contributed by atoms with Crippen molar-refractivity contribution in [1.29, 1.82) is 0 Å². The fourth-order valence-electron chi connectivity index (χ4n) is 1.33. The number of non-ortho nitro benzene ring substituents is 1. The van der Waals surface area contributed by atoms with E-state index in [4.69, 9.17) is 5.11 Å². The molecule has 0 saturated heterocycles. The van der Waals surface area contributed by atoms with Crippen LogP contribution in [0.1, 0.15) is 0 Å². The van der Waals surface area contributed by atoms with Crippen molar-refractivity contribution in [3.63, 3.8) is 0 Å². The molecule has 0 amide bonds. The summed E-state index contributed by atoms with van der Waals surface area (Å²) < 4.78 is 0. The molecule has 2 rings (SSSR count). The Hall–Kier alpha value is -2.96. The van der Waals surface area contributed by atoms with Crippen LogP contribution >= 0.6 is 0 Å². The third-order valence-electron chi connectivity index (χ3n) is 2.30. The van der Waals surface area contributed by atoms with Crippen LogP contribution < -0.4 is 0 Å². The first-order valence-corrected chi connectivity index (χ1v) is 5.24. The van der Waals surface area contributed by atoms with Crippen molar-refractivity contribution in [3.05, 3.63) is 52.6 Å². The lowest BCUT2D eigenvalue weighted by Crippen LogP contribution is -1.85. The molecule has 0 aliphatic heterocycles.